The van der Waals surface area contributed by atoms with Crippen molar-refractivity contribution in [2.75, 3.05) is 11.9 Å². The fourth-order valence-corrected chi connectivity index (χ4v) is 2.35. The Bertz CT molecular complexity index is 924. The Balaban J connectivity index is 0.000000758. The van der Waals surface area contributed by atoms with Gasteiger partial charge >= 0.3 is 0 Å². The molecule has 0 saturated heterocycles. The van der Waals surface area contributed by atoms with Crippen LogP contribution < -0.4 is 10.9 Å². The number of hydrogen-bond acceptors (Lipinski definition) is 6. The molecule has 0 saturated carbocycles. The molecule has 0 aliphatic heterocycles. The first-order valence-electron chi connectivity index (χ1n) is 8.16. The molecule has 0 fully saturated rings. The van der Waals surface area contributed by atoms with Crippen LogP contribution in [0.15, 0.2) is 41.5 Å². The molecule has 2 heterocycles. The van der Waals surface area contributed by atoms with Crippen LogP contribution in [-0.4, -0.2) is 38.1 Å². The van der Waals surface area contributed by atoms with Gasteiger partial charge in [-0.15, -0.1) is 0 Å². The summed E-state index contributed by atoms with van der Waals surface area (Å²) in [7, 11) is 0. The van der Waals surface area contributed by atoms with Crippen LogP contribution in [0.5, 0.6) is 0 Å². The second kappa shape index (κ2) is 9.26. The zero-order valence-electron chi connectivity index (χ0n) is 14.6. The number of carbonyl (C=O) groups is 1. The summed E-state index contributed by atoms with van der Waals surface area (Å²) in [6, 6.07) is 9.28. The summed E-state index contributed by atoms with van der Waals surface area (Å²) in [5.41, 5.74) is 1.62. The highest BCUT2D eigenvalue weighted by molar-refractivity contribution is 5.77. The van der Waals surface area contributed by atoms with E-state index in [4.69, 9.17) is 9.90 Å². The van der Waals surface area contributed by atoms with Gasteiger partial charge in [-0.05, 0) is 18.1 Å². The van der Waals surface area contributed by atoms with Gasteiger partial charge in [0.1, 0.15) is 18.0 Å². The Morgan fingerprint density at radius 1 is 1.27 bits per heavy atom. The summed E-state index contributed by atoms with van der Waals surface area (Å²) < 4.78 is 0. The minimum absolute atomic E-state index is 0.102. The topological polar surface area (TPSA) is 121 Å². The average Bonchev–Trinajstić information content (AvgIpc) is 2.63. The van der Waals surface area contributed by atoms with E-state index >= 15 is 0 Å². The molecule has 136 valence electrons. The summed E-state index contributed by atoms with van der Waals surface area (Å²) in [6.07, 6.45) is 2.18. The summed E-state index contributed by atoms with van der Waals surface area (Å²) in [6.45, 7) is 4.57. The van der Waals surface area contributed by atoms with E-state index in [1.54, 1.807) is 12.4 Å². The van der Waals surface area contributed by atoms with Crippen molar-refractivity contribution in [3.05, 3.63) is 58.5 Å². The third kappa shape index (κ3) is 5.10. The minimum Gasteiger partial charge on any atom is -0.483 e. The highest BCUT2D eigenvalue weighted by Gasteiger charge is 2.05. The molecule has 0 unspecified atom stereocenters. The summed E-state index contributed by atoms with van der Waals surface area (Å²) in [5, 5.41) is 10.7. The number of para-hydroxylation sites is 1. The van der Waals surface area contributed by atoms with E-state index in [0.717, 1.165) is 17.0 Å². The van der Waals surface area contributed by atoms with Gasteiger partial charge in [0.2, 0.25) is 0 Å². The first-order valence-corrected chi connectivity index (χ1v) is 8.16. The van der Waals surface area contributed by atoms with E-state index in [1.165, 1.54) is 0 Å². The average molecular weight is 355 g/mol. The fraction of sp³-hybridized carbons (Fsp3) is 0.278. The van der Waals surface area contributed by atoms with E-state index in [1.807, 2.05) is 24.3 Å². The fourth-order valence-electron chi connectivity index (χ4n) is 2.35. The number of rotatable bonds is 5. The third-order valence-corrected chi connectivity index (χ3v) is 3.61. The number of aromatic nitrogens is 4. The van der Waals surface area contributed by atoms with E-state index in [2.05, 4.69) is 39.1 Å². The van der Waals surface area contributed by atoms with E-state index < -0.39 is 0 Å². The zero-order valence-corrected chi connectivity index (χ0v) is 14.6. The number of carboxylic acid groups (broad SMARTS) is 1. The number of aromatic amines is 1. The number of H-pyrrole nitrogens is 1. The normalized spacial score (nSPS) is 10.3. The summed E-state index contributed by atoms with van der Waals surface area (Å²) in [4.78, 5) is 36.1. The Kier molecular flexibility index (Phi) is 6.78. The quantitative estimate of drug-likeness (QED) is 0.600. The smallest absolute Gasteiger partial charge is 0.290 e. The van der Waals surface area contributed by atoms with Crippen LogP contribution >= 0.6 is 0 Å². The van der Waals surface area contributed by atoms with Gasteiger partial charge in [-0.25, -0.2) is 15.0 Å². The molecule has 0 atom stereocenters. The van der Waals surface area contributed by atoms with Crippen LogP contribution in [0.2, 0.25) is 0 Å². The maximum Gasteiger partial charge on any atom is 0.290 e. The van der Waals surface area contributed by atoms with Crippen molar-refractivity contribution in [1.29, 1.82) is 0 Å². The molecular weight excluding hydrogens is 334 g/mol. The SMILES string of the molecule is CC(C)c1cc(NCCc2nc3ccccc3c(=O)[nH]2)ncn1.O=CO. The van der Waals surface area contributed by atoms with Gasteiger partial charge in [0, 0.05) is 24.7 Å². The molecule has 0 aliphatic rings. The van der Waals surface area contributed by atoms with Crippen molar-refractivity contribution in [2.45, 2.75) is 26.2 Å². The lowest BCUT2D eigenvalue weighted by Crippen LogP contribution is -2.15. The lowest BCUT2D eigenvalue weighted by molar-refractivity contribution is -0.122. The van der Waals surface area contributed by atoms with Gasteiger partial charge in [-0.3, -0.25) is 9.59 Å². The van der Waals surface area contributed by atoms with Crippen molar-refractivity contribution < 1.29 is 9.90 Å². The second-order valence-electron chi connectivity index (χ2n) is 5.79. The molecule has 26 heavy (non-hydrogen) atoms. The standard InChI is InChI=1S/C17H19N5O.CH2O2/c1-11(2)14-9-16(20-10-19-14)18-8-7-15-21-13-6-4-3-5-12(13)17(23)22-15;2-1-3/h3-6,9-11H,7-8H2,1-2H3,(H,18,19,20)(H,21,22,23);1H,(H,2,3). The van der Waals surface area contributed by atoms with Crippen molar-refractivity contribution in [2.24, 2.45) is 0 Å². The molecule has 0 amide bonds. The lowest BCUT2D eigenvalue weighted by atomic mass is 10.1. The van der Waals surface area contributed by atoms with Gasteiger partial charge in [-0.2, -0.15) is 0 Å². The zero-order chi connectivity index (χ0) is 18.9. The minimum atomic E-state index is -0.250. The maximum atomic E-state index is 12.0. The molecule has 0 spiro atoms. The van der Waals surface area contributed by atoms with Crippen molar-refractivity contribution in [1.82, 2.24) is 19.9 Å². The number of hydrogen-bond donors (Lipinski definition) is 3. The first kappa shape index (κ1) is 19.0. The van der Waals surface area contributed by atoms with Crippen LogP contribution in [0.1, 0.15) is 31.3 Å². The Morgan fingerprint density at radius 2 is 2.00 bits per heavy atom. The van der Waals surface area contributed by atoms with Gasteiger partial charge < -0.3 is 15.4 Å². The Morgan fingerprint density at radius 3 is 2.73 bits per heavy atom. The first-order chi connectivity index (χ1) is 12.5. The van der Waals surface area contributed by atoms with Crippen LogP contribution in [0.25, 0.3) is 10.9 Å². The number of fused-ring (bicyclic) bond motifs is 1. The van der Waals surface area contributed by atoms with Gasteiger partial charge in [-0.1, -0.05) is 26.0 Å². The molecule has 2 aromatic heterocycles. The molecule has 3 rings (SSSR count). The van der Waals surface area contributed by atoms with E-state index in [9.17, 15) is 4.79 Å². The number of nitrogens with one attached hydrogen (secondary N) is 2. The van der Waals surface area contributed by atoms with Crippen molar-refractivity contribution >= 4 is 23.2 Å². The van der Waals surface area contributed by atoms with E-state index in [0.29, 0.717) is 30.1 Å². The molecular formula is C18H21N5O3. The number of nitrogens with zero attached hydrogens (tertiary/aromatic N) is 3. The number of anilines is 1. The van der Waals surface area contributed by atoms with Gasteiger partial charge in [0.05, 0.1) is 10.9 Å². The molecule has 3 aromatic rings. The van der Waals surface area contributed by atoms with Gasteiger partial charge in [0.15, 0.2) is 0 Å². The van der Waals surface area contributed by atoms with Crippen molar-refractivity contribution in [3.8, 4) is 0 Å². The largest absolute Gasteiger partial charge is 0.483 e. The van der Waals surface area contributed by atoms with Crippen molar-refractivity contribution in [3.63, 3.8) is 0 Å². The second-order valence-corrected chi connectivity index (χ2v) is 5.79. The lowest BCUT2D eigenvalue weighted by Gasteiger charge is -2.08. The van der Waals surface area contributed by atoms with Crippen LogP contribution in [0.3, 0.4) is 0 Å². The molecule has 1 aromatic carbocycles. The Hall–Kier alpha value is -3.29. The predicted molar refractivity (Wildman–Crippen MR) is 99.4 cm³/mol. The predicted octanol–water partition coefficient (Wildman–Crippen LogP) is 2.19. The monoisotopic (exact) mass is 355 g/mol. The molecule has 3 N–H and O–H groups in total. The van der Waals surface area contributed by atoms with E-state index in [-0.39, 0.29) is 12.0 Å². The highest BCUT2D eigenvalue weighted by atomic mass is 16.3. The summed E-state index contributed by atoms with van der Waals surface area (Å²) in [5.74, 6) is 1.81. The maximum absolute atomic E-state index is 12.0. The number of benzene rings is 1. The molecule has 0 radical (unpaired) electrons. The van der Waals surface area contributed by atoms with Crippen LogP contribution in [0, 0.1) is 0 Å². The molecule has 8 nitrogen and oxygen atoms in total. The molecule has 0 bridgehead atoms. The van der Waals surface area contributed by atoms with Crippen LogP contribution in [-0.2, 0) is 11.2 Å². The highest BCUT2D eigenvalue weighted by Crippen LogP contribution is 2.13. The van der Waals surface area contributed by atoms with Crippen LogP contribution in [0.4, 0.5) is 5.82 Å². The Labute approximate surface area is 150 Å². The molecule has 0 aliphatic carbocycles. The summed E-state index contributed by atoms with van der Waals surface area (Å²) >= 11 is 0. The molecule has 8 heteroatoms. The third-order valence-electron chi connectivity index (χ3n) is 3.61. The van der Waals surface area contributed by atoms with Gasteiger partial charge in [0.25, 0.3) is 12.0 Å².